The highest BCUT2D eigenvalue weighted by atomic mass is 16.7. The van der Waals surface area contributed by atoms with Gasteiger partial charge in [-0.05, 0) is 23.1 Å². The lowest BCUT2D eigenvalue weighted by Crippen LogP contribution is -2.65. The van der Waals surface area contributed by atoms with Crippen LogP contribution in [0.5, 0.6) is 5.75 Å². The summed E-state index contributed by atoms with van der Waals surface area (Å²) in [5.41, 5.74) is 1.13. The molecule has 0 unspecified atom stereocenters. The smallest absolute Gasteiger partial charge is 0.223 e. The van der Waals surface area contributed by atoms with E-state index < -0.39 is 37.3 Å². The molecule has 5 atom stereocenters. The molecule has 0 saturated carbocycles. The molecule has 7 nitrogen and oxygen atoms in total. The Kier molecular flexibility index (Phi) is 6.05. The van der Waals surface area contributed by atoms with Gasteiger partial charge in [-0.3, -0.25) is 4.79 Å². The van der Waals surface area contributed by atoms with Gasteiger partial charge < -0.3 is 30.1 Å². The third-order valence-corrected chi connectivity index (χ3v) is 4.22. The van der Waals surface area contributed by atoms with E-state index in [1.54, 1.807) is 12.1 Å². The fourth-order valence-corrected chi connectivity index (χ4v) is 2.74. The molecule has 1 aliphatic heterocycles. The van der Waals surface area contributed by atoms with E-state index >= 15 is 0 Å². The zero-order valence-electron chi connectivity index (χ0n) is 15.0. The van der Waals surface area contributed by atoms with Crippen molar-refractivity contribution in [1.82, 2.24) is 5.32 Å². The number of benzene rings is 1. The van der Waals surface area contributed by atoms with Crippen molar-refractivity contribution in [3.63, 3.8) is 0 Å². The van der Waals surface area contributed by atoms with Crippen LogP contribution in [0.1, 0.15) is 33.3 Å². The molecule has 1 heterocycles. The fourth-order valence-electron chi connectivity index (χ4n) is 2.74. The maximum absolute atomic E-state index is 11.4. The predicted molar refractivity (Wildman–Crippen MR) is 91.1 cm³/mol. The van der Waals surface area contributed by atoms with Gasteiger partial charge in [-0.25, -0.2) is 0 Å². The third kappa shape index (κ3) is 4.70. The maximum Gasteiger partial charge on any atom is 0.223 e. The number of aliphatic hydroxyl groups excluding tert-OH is 3. The first-order chi connectivity index (χ1) is 11.6. The van der Waals surface area contributed by atoms with Gasteiger partial charge in [0.1, 0.15) is 30.1 Å². The van der Waals surface area contributed by atoms with Crippen molar-refractivity contribution in [3.8, 4) is 5.75 Å². The number of carbonyl (C=O) groups excluding carboxylic acids is 1. The van der Waals surface area contributed by atoms with Crippen LogP contribution in [0.2, 0.25) is 0 Å². The van der Waals surface area contributed by atoms with Crippen LogP contribution in [0.4, 0.5) is 0 Å². The number of hydrogen-bond acceptors (Lipinski definition) is 6. The molecule has 1 aliphatic rings. The maximum atomic E-state index is 11.4. The second kappa shape index (κ2) is 7.70. The Morgan fingerprint density at radius 1 is 1.20 bits per heavy atom. The largest absolute Gasteiger partial charge is 0.463 e. The Bertz CT molecular complexity index is 582. The summed E-state index contributed by atoms with van der Waals surface area (Å²) >= 11 is 0. The average Bonchev–Trinajstić information content (AvgIpc) is 2.53. The monoisotopic (exact) mass is 353 g/mol. The van der Waals surface area contributed by atoms with E-state index in [1.165, 1.54) is 6.92 Å². The van der Waals surface area contributed by atoms with E-state index in [1.807, 2.05) is 12.1 Å². The molecule has 2 rings (SSSR count). The highest BCUT2D eigenvalue weighted by Gasteiger charge is 2.46. The fraction of sp³-hybridized carbons (Fsp3) is 0.611. The predicted octanol–water partition coefficient (Wildman–Crippen LogP) is 0.307. The van der Waals surface area contributed by atoms with Gasteiger partial charge in [-0.15, -0.1) is 0 Å². The highest BCUT2D eigenvalue weighted by Crippen LogP contribution is 2.27. The number of rotatable bonds is 4. The van der Waals surface area contributed by atoms with Crippen LogP contribution in [0, 0.1) is 0 Å². The number of hydrogen-bond donors (Lipinski definition) is 4. The van der Waals surface area contributed by atoms with Gasteiger partial charge in [0.2, 0.25) is 12.2 Å². The van der Waals surface area contributed by atoms with Crippen molar-refractivity contribution < 1.29 is 29.6 Å². The molecular formula is C18H27NO6. The topological polar surface area (TPSA) is 108 Å². The molecule has 1 aromatic carbocycles. The van der Waals surface area contributed by atoms with Crippen LogP contribution in [0.3, 0.4) is 0 Å². The Hall–Kier alpha value is -1.67. The van der Waals surface area contributed by atoms with Gasteiger partial charge in [0.05, 0.1) is 6.61 Å². The van der Waals surface area contributed by atoms with Gasteiger partial charge in [0.25, 0.3) is 0 Å². The SMILES string of the molecule is CC(=O)N[C@@H]1[C@@H](Oc2ccc(C(C)(C)C)cc2)O[C@@H](CO)[C@@H](O)[C@H]1O. The summed E-state index contributed by atoms with van der Waals surface area (Å²) in [6.07, 6.45) is -4.70. The van der Waals surface area contributed by atoms with Gasteiger partial charge in [-0.2, -0.15) is 0 Å². The van der Waals surface area contributed by atoms with Crippen LogP contribution in [-0.2, 0) is 14.9 Å². The summed E-state index contributed by atoms with van der Waals surface area (Å²) in [6.45, 7) is 7.12. The van der Waals surface area contributed by atoms with Gasteiger partial charge in [-0.1, -0.05) is 32.9 Å². The summed E-state index contributed by atoms with van der Waals surface area (Å²) in [7, 11) is 0. The van der Waals surface area contributed by atoms with Crippen LogP contribution in [-0.4, -0.2) is 58.5 Å². The molecule has 0 bridgehead atoms. The first kappa shape index (κ1) is 19.7. The minimum Gasteiger partial charge on any atom is -0.463 e. The van der Waals surface area contributed by atoms with E-state index in [0.29, 0.717) is 5.75 Å². The summed E-state index contributed by atoms with van der Waals surface area (Å²) < 4.78 is 11.3. The molecule has 1 fully saturated rings. The molecule has 0 spiro atoms. The number of aliphatic hydroxyl groups is 3. The van der Waals surface area contributed by atoms with Crippen LogP contribution < -0.4 is 10.1 Å². The van der Waals surface area contributed by atoms with Crippen molar-refractivity contribution in [2.45, 2.75) is 63.8 Å². The molecule has 0 aromatic heterocycles. The van der Waals surface area contributed by atoms with Crippen molar-refractivity contribution in [2.24, 2.45) is 0 Å². The third-order valence-electron chi connectivity index (χ3n) is 4.22. The number of carbonyl (C=O) groups is 1. The van der Waals surface area contributed by atoms with Crippen molar-refractivity contribution in [2.75, 3.05) is 6.61 Å². The molecular weight excluding hydrogens is 326 g/mol. The van der Waals surface area contributed by atoms with Gasteiger partial charge >= 0.3 is 0 Å². The second-order valence-electron chi connectivity index (χ2n) is 7.33. The van der Waals surface area contributed by atoms with E-state index in [0.717, 1.165) is 5.56 Å². The van der Waals surface area contributed by atoms with Gasteiger partial charge in [0, 0.05) is 6.92 Å². The summed E-state index contributed by atoms with van der Waals surface area (Å²) in [6, 6.07) is 6.46. The molecule has 4 N–H and O–H groups in total. The van der Waals surface area contributed by atoms with Gasteiger partial charge in [0.15, 0.2) is 0 Å². The zero-order valence-corrected chi connectivity index (χ0v) is 15.0. The number of nitrogens with one attached hydrogen (secondary N) is 1. The minimum absolute atomic E-state index is 0.000870. The van der Waals surface area contributed by atoms with Crippen molar-refractivity contribution in [3.05, 3.63) is 29.8 Å². The van der Waals surface area contributed by atoms with Crippen LogP contribution in [0.25, 0.3) is 0 Å². The van der Waals surface area contributed by atoms with E-state index in [4.69, 9.17) is 9.47 Å². The van der Waals surface area contributed by atoms with Crippen LogP contribution >= 0.6 is 0 Å². The molecule has 1 saturated heterocycles. The second-order valence-corrected chi connectivity index (χ2v) is 7.33. The Morgan fingerprint density at radius 2 is 1.80 bits per heavy atom. The summed E-state index contributed by atoms with van der Waals surface area (Å²) in [4.78, 5) is 11.4. The zero-order chi connectivity index (χ0) is 18.8. The minimum atomic E-state index is -1.33. The van der Waals surface area contributed by atoms with E-state index in [-0.39, 0.29) is 11.3 Å². The Labute approximate surface area is 147 Å². The Balaban J connectivity index is 2.19. The number of ether oxygens (including phenoxy) is 2. The summed E-state index contributed by atoms with van der Waals surface area (Å²) in [5.74, 6) is 0.104. The van der Waals surface area contributed by atoms with Crippen LogP contribution in [0.15, 0.2) is 24.3 Å². The average molecular weight is 353 g/mol. The molecule has 25 heavy (non-hydrogen) atoms. The lowest BCUT2D eigenvalue weighted by atomic mass is 9.87. The van der Waals surface area contributed by atoms with Crippen molar-refractivity contribution in [1.29, 1.82) is 0 Å². The highest BCUT2D eigenvalue weighted by molar-refractivity contribution is 5.73. The standard InChI is InChI=1S/C18H27NO6/c1-10(21)19-14-16(23)15(22)13(9-20)25-17(14)24-12-7-5-11(6-8-12)18(2,3)4/h5-8,13-17,20,22-23H,9H2,1-4H3,(H,19,21)/t13-,14-,15+,16-,17-/m0/s1. The van der Waals surface area contributed by atoms with E-state index in [2.05, 4.69) is 26.1 Å². The first-order valence-electron chi connectivity index (χ1n) is 8.30. The first-order valence-corrected chi connectivity index (χ1v) is 8.30. The Morgan fingerprint density at radius 3 is 2.28 bits per heavy atom. The molecule has 0 radical (unpaired) electrons. The lowest BCUT2D eigenvalue weighted by molar-refractivity contribution is -0.244. The quantitative estimate of drug-likeness (QED) is 0.620. The molecule has 7 heteroatoms. The molecule has 0 aliphatic carbocycles. The summed E-state index contributed by atoms with van der Waals surface area (Å²) in [5, 5.41) is 32.1. The van der Waals surface area contributed by atoms with E-state index in [9.17, 15) is 20.1 Å². The molecule has 1 aromatic rings. The molecule has 140 valence electrons. The molecule has 1 amide bonds. The normalized spacial score (nSPS) is 30.0. The lowest BCUT2D eigenvalue weighted by Gasteiger charge is -2.42. The number of amides is 1. The van der Waals surface area contributed by atoms with Crippen molar-refractivity contribution >= 4 is 5.91 Å².